The molecule has 0 amide bonds. The summed E-state index contributed by atoms with van der Waals surface area (Å²) in [4.78, 5) is 6.92. The largest absolute Gasteiger partial charge is 0.330 e. The predicted molar refractivity (Wildman–Crippen MR) is 73.3 cm³/mol. The zero-order valence-electron chi connectivity index (χ0n) is 10.4. The second kappa shape index (κ2) is 6.94. The number of hydrogen-bond acceptors (Lipinski definition) is 3. The fourth-order valence-corrected chi connectivity index (χ4v) is 2.20. The molecule has 2 N–H and O–H groups in total. The lowest BCUT2D eigenvalue weighted by atomic mass is 9.97. The minimum atomic E-state index is 0. The van der Waals surface area contributed by atoms with Gasteiger partial charge in [0.2, 0.25) is 0 Å². The van der Waals surface area contributed by atoms with E-state index in [0.717, 1.165) is 32.1 Å². The van der Waals surface area contributed by atoms with Gasteiger partial charge in [-0.2, -0.15) is 0 Å². The first-order valence-corrected chi connectivity index (χ1v) is 6.12. The van der Waals surface area contributed by atoms with Crippen LogP contribution in [0.4, 0.5) is 0 Å². The minimum Gasteiger partial charge on any atom is -0.330 e. The Morgan fingerprint density at radius 1 is 1.35 bits per heavy atom. The normalized spacial score (nSPS) is 17.8. The highest BCUT2D eigenvalue weighted by Crippen LogP contribution is 2.17. The molecule has 2 heterocycles. The van der Waals surface area contributed by atoms with Crippen molar-refractivity contribution in [2.45, 2.75) is 26.3 Å². The third-order valence-corrected chi connectivity index (χ3v) is 3.40. The number of halogens is 1. The number of hydrogen-bond donors (Lipinski definition) is 1. The monoisotopic (exact) mass is 255 g/mol. The zero-order valence-corrected chi connectivity index (χ0v) is 11.2. The second-order valence-corrected chi connectivity index (χ2v) is 4.78. The van der Waals surface area contributed by atoms with Crippen molar-refractivity contribution in [3.05, 3.63) is 29.6 Å². The summed E-state index contributed by atoms with van der Waals surface area (Å²) in [6.45, 7) is 6.23. The third-order valence-electron chi connectivity index (χ3n) is 3.40. The molecule has 0 spiro atoms. The average molecular weight is 256 g/mol. The molecule has 0 radical (unpaired) electrons. The van der Waals surface area contributed by atoms with Gasteiger partial charge in [0.05, 0.1) is 5.69 Å². The van der Waals surface area contributed by atoms with Gasteiger partial charge in [0.25, 0.3) is 0 Å². The topological polar surface area (TPSA) is 42.1 Å². The molecule has 2 rings (SSSR count). The van der Waals surface area contributed by atoms with Crippen LogP contribution < -0.4 is 5.73 Å². The molecule has 0 bridgehead atoms. The Labute approximate surface area is 110 Å². The lowest BCUT2D eigenvalue weighted by molar-refractivity contribution is 0.178. The van der Waals surface area contributed by atoms with Crippen LogP contribution in [-0.2, 0) is 6.54 Å². The van der Waals surface area contributed by atoms with Crippen molar-refractivity contribution >= 4 is 12.4 Å². The van der Waals surface area contributed by atoms with Gasteiger partial charge in [-0.25, -0.2) is 0 Å². The maximum absolute atomic E-state index is 5.69. The molecule has 1 aromatic heterocycles. The van der Waals surface area contributed by atoms with E-state index < -0.39 is 0 Å². The molecule has 1 aliphatic heterocycles. The fraction of sp³-hybridized carbons (Fsp3) is 0.615. The van der Waals surface area contributed by atoms with Crippen molar-refractivity contribution in [1.29, 1.82) is 0 Å². The zero-order chi connectivity index (χ0) is 11.4. The standard InChI is InChI=1S/C13H21N3.ClH/c1-11-2-3-13(15-9-11)10-16-6-4-12(8-14)5-7-16;/h2-3,9,12H,4-8,10,14H2,1H3;1H. The lowest BCUT2D eigenvalue weighted by Gasteiger charge is -2.30. The van der Waals surface area contributed by atoms with Gasteiger partial charge in [-0.1, -0.05) is 6.07 Å². The maximum Gasteiger partial charge on any atom is 0.0544 e. The number of likely N-dealkylation sites (tertiary alicyclic amines) is 1. The van der Waals surface area contributed by atoms with Gasteiger partial charge in [-0.15, -0.1) is 12.4 Å². The Balaban J connectivity index is 0.00000144. The molecular formula is C13H22ClN3. The average Bonchev–Trinajstić information content (AvgIpc) is 2.33. The van der Waals surface area contributed by atoms with Gasteiger partial charge >= 0.3 is 0 Å². The first-order valence-electron chi connectivity index (χ1n) is 6.12. The first-order chi connectivity index (χ1) is 7.78. The molecule has 1 aromatic rings. The summed E-state index contributed by atoms with van der Waals surface area (Å²) >= 11 is 0. The van der Waals surface area contributed by atoms with Crippen LogP contribution in [0.25, 0.3) is 0 Å². The quantitative estimate of drug-likeness (QED) is 0.898. The molecule has 1 aliphatic rings. The van der Waals surface area contributed by atoms with Crippen molar-refractivity contribution in [3.8, 4) is 0 Å². The summed E-state index contributed by atoms with van der Waals surface area (Å²) in [5, 5.41) is 0. The summed E-state index contributed by atoms with van der Waals surface area (Å²) in [6, 6.07) is 4.26. The van der Waals surface area contributed by atoms with Crippen LogP contribution in [-0.4, -0.2) is 29.5 Å². The molecule has 0 saturated carbocycles. The Kier molecular flexibility index (Phi) is 5.89. The van der Waals surface area contributed by atoms with Crippen LogP contribution in [0.15, 0.2) is 18.3 Å². The van der Waals surface area contributed by atoms with Crippen LogP contribution in [0.5, 0.6) is 0 Å². The Bertz CT molecular complexity index is 318. The summed E-state index contributed by atoms with van der Waals surface area (Å²) in [7, 11) is 0. The summed E-state index contributed by atoms with van der Waals surface area (Å²) in [5.41, 5.74) is 8.09. The van der Waals surface area contributed by atoms with Crippen LogP contribution in [0.3, 0.4) is 0 Å². The number of aromatic nitrogens is 1. The van der Waals surface area contributed by atoms with Gasteiger partial charge in [0.15, 0.2) is 0 Å². The van der Waals surface area contributed by atoms with Gasteiger partial charge in [0.1, 0.15) is 0 Å². The van der Waals surface area contributed by atoms with E-state index in [1.165, 1.54) is 24.1 Å². The molecule has 3 nitrogen and oxygen atoms in total. The van der Waals surface area contributed by atoms with Gasteiger partial charge in [0, 0.05) is 12.7 Å². The van der Waals surface area contributed by atoms with Crippen LogP contribution in [0.1, 0.15) is 24.1 Å². The number of pyridine rings is 1. The molecule has 4 heteroatoms. The molecule has 0 aromatic carbocycles. The summed E-state index contributed by atoms with van der Waals surface area (Å²) in [5.74, 6) is 0.738. The second-order valence-electron chi connectivity index (χ2n) is 4.78. The fourth-order valence-electron chi connectivity index (χ4n) is 2.20. The molecular weight excluding hydrogens is 234 g/mol. The van der Waals surface area contributed by atoms with Gasteiger partial charge < -0.3 is 5.73 Å². The third kappa shape index (κ3) is 4.26. The maximum atomic E-state index is 5.69. The summed E-state index contributed by atoms with van der Waals surface area (Å²) in [6.07, 6.45) is 4.42. The first kappa shape index (κ1) is 14.4. The van der Waals surface area contributed by atoms with Crippen molar-refractivity contribution in [3.63, 3.8) is 0 Å². The van der Waals surface area contributed by atoms with Gasteiger partial charge in [-0.3, -0.25) is 9.88 Å². The number of aryl methyl sites for hydroxylation is 1. The molecule has 1 saturated heterocycles. The summed E-state index contributed by atoms with van der Waals surface area (Å²) < 4.78 is 0. The number of rotatable bonds is 3. The van der Waals surface area contributed by atoms with E-state index in [4.69, 9.17) is 5.73 Å². The molecule has 0 unspecified atom stereocenters. The van der Waals surface area contributed by atoms with Crippen molar-refractivity contribution in [1.82, 2.24) is 9.88 Å². The smallest absolute Gasteiger partial charge is 0.0544 e. The van der Waals surface area contributed by atoms with Crippen molar-refractivity contribution in [2.24, 2.45) is 11.7 Å². The van der Waals surface area contributed by atoms with Crippen LogP contribution in [0, 0.1) is 12.8 Å². The predicted octanol–water partition coefficient (Wildman–Crippen LogP) is 1.98. The van der Waals surface area contributed by atoms with Crippen molar-refractivity contribution < 1.29 is 0 Å². The van der Waals surface area contributed by atoms with Crippen LogP contribution in [0.2, 0.25) is 0 Å². The van der Waals surface area contributed by atoms with E-state index in [0.29, 0.717) is 0 Å². The van der Waals surface area contributed by atoms with E-state index >= 15 is 0 Å². The molecule has 1 fully saturated rings. The van der Waals surface area contributed by atoms with E-state index in [9.17, 15) is 0 Å². The highest BCUT2D eigenvalue weighted by Gasteiger charge is 2.17. The Hall–Kier alpha value is -0.640. The number of piperidine rings is 1. The number of nitrogens with two attached hydrogens (primary N) is 1. The molecule has 17 heavy (non-hydrogen) atoms. The molecule has 96 valence electrons. The Morgan fingerprint density at radius 3 is 2.59 bits per heavy atom. The van der Waals surface area contributed by atoms with E-state index in [2.05, 4.69) is 28.9 Å². The minimum absolute atomic E-state index is 0. The van der Waals surface area contributed by atoms with Crippen molar-refractivity contribution in [2.75, 3.05) is 19.6 Å². The van der Waals surface area contributed by atoms with Crippen LogP contribution >= 0.6 is 12.4 Å². The van der Waals surface area contributed by atoms with Gasteiger partial charge in [-0.05, 0) is 56.9 Å². The highest BCUT2D eigenvalue weighted by molar-refractivity contribution is 5.85. The van der Waals surface area contributed by atoms with E-state index in [-0.39, 0.29) is 12.4 Å². The number of nitrogens with zero attached hydrogens (tertiary/aromatic N) is 2. The van der Waals surface area contributed by atoms with E-state index in [1.54, 1.807) is 0 Å². The highest BCUT2D eigenvalue weighted by atomic mass is 35.5. The van der Waals surface area contributed by atoms with E-state index in [1.807, 2.05) is 6.20 Å². The lowest BCUT2D eigenvalue weighted by Crippen LogP contribution is -2.35. The molecule has 0 atom stereocenters. The SMILES string of the molecule is Cc1ccc(CN2CCC(CN)CC2)nc1.Cl. The molecule has 0 aliphatic carbocycles. The Morgan fingerprint density at radius 2 is 2.06 bits per heavy atom.